The number of carbonyl (C=O) groups excluding carboxylic acids is 2. The smallest absolute Gasteiger partial charge is 0.261 e. The van der Waals surface area contributed by atoms with Gasteiger partial charge in [0.2, 0.25) is 5.91 Å². The summed E-state index contributed by atoms with van der Waals surface area (Å²) in [5, 5.41) is 3.58. The van der Waals surface area contributed by atoms with Gasteiger partial charge in [0.25, 0.3) is 5.91 Å². The first-order chi connectivity index (χ1) is 14.6. The number of halogens is 2. The fraction of sp³-hybridized carbons (Fsp3) is 0.417. The van der Waals surface area contributed by atoms with E-state index < -0.39 is 6.04 Å². The molecular weight excluding hydrogens is 435 g/mol. The van der Waals surface area contributed by atoms with Crippen LogP contribution in [0.4, 0.5) is 0 Å². The minimum atomic E-state index is -0.647. The number of amides is 2. The quantitative estimate of drug-likeness (QED) is 0.582. The second-order valence-corrected chi connectivity index (χ2v) is 9.17. The van der Waals surface area contributed by atoms with E-state index in [4.69, 9.17) is 27.9 Å². The molecule has 2 aromatic rings. The number of carbonyl (C=O) groups is 2. The number of rotatable bonds is 8. The molecule has 0 spiro atoms. The summed E-state index contributed by atoms with van der Waals surface area (Å²) in [5.41, 5.74) is 1.58. The Labute approximate surface area is 194 Å². The molecule has 2 aromatic carbocycles. The Morgan fingerprint density at radius 3 is 2.39 bits per heavy atom. The molecule has 7 heteroatoms. The van der Waals surface area contributed by atoms with E-state index in [0.29, 0.717) is 27.8 Å². The molecule has 0 saturated heterocycles. The van der Waals surface area contributed by atoms with E-state index in [0.717, 1.165) is 5.56 Å². The van der Waals surface area contributed by atoms with E-state index in [9.17, 15) is 9.59 Å². The number of nitrogens with zero attached hydrogens (tertiary/aromatic N) is 1. The van der Waals surface area contributed by atoms with Gasteiger partial charge in [0.15, 0.2) is 6.61 Å². The maximum atomic E-state index is 13.2. The van der Waals surface area contributed by atoms with Crippen molar-refractivity contribution in [1.29, 1.82) is 0 Å². The summed E-state index contributed by atoms with van der Waals surface area (Å²) >= 11 is 12.3. The molecule has 0 aromatic heterocycles. The van der Waals surface area contributed by atoms with Crippen molar-refractivity contribution in [1.82, 2.24) is 10.2 Å². The summed E-state index contributed by atoms with van der Waals surface area (Å²) in [5.74, 6) is 0.113. The van der Waals surface area contributed by atoms with Crippen LogP contribution in [0.15, 0.2) is 42.5 Å². The fourth-order valence-corrected chi connectivity index (χ4v) is 3.82. The minimum Gasteiger partial charge on any atom is -0.483 e. The lowest BCUT2D eigenvalue weighted by atomic mass is 9.86. The van der Waals surface area contributed by atoms with Gasteiger partial charge >= 0.3 is 0 Å². The first kappa shape index (κ1) is 25.0. The lowest BCUT2D eigenvalue weighted by Crippen LogP contribution is -2.49. The van der Waals surface area contributed by atoms with Crippen LogP contribution in [0, 0.1) is 0 Å². The van der Waals surface area contributed by atoms with E-state index >= 15 is 0 Å². The fourth-order valence-electron chi connectivity index (χ4n) is 3.35. The van der Waals surface area contributed by atoms with E-state index in [1.165, 1.54) is 4.90 Å². The third kappa shape index (κ3) is 6.62. The molecule has 5 nitrogen and oxygen atoms in total. The lowest BCUT2D eigenvalue weighted by molar-refractivity contribution is -0.142. The van der Waals surface area contributed by atoms with E-state index in [-0.39, 0.29) is 30.4 Å². The molecule has 1 unspecified atom stereocenters. The summed E-state index contributed by atoms with van der Waals surface area (Å²) in [6.45, 7) is 8.11. The number of hydrogen-bond acceptors (Lipinski definition) is 3. The largest absolute Gasteiger partial charge is 0.483 e. The van der Waals surface area contributed by atoms with Crippen LogP contribution < -0.4 is 10.1 Å². The molecule has 1 atom stereocenters. The molecule has 0 aliphatic heterocycles. The van der Waals surface area contributed by atoms with Gasteiger partial charge in [0.1, 0.15) is 11.8 Å². The predicted octanol–water partition coefficient (Wildman–Crippen LogP) is 5.22. The van der Waals surface area contributed by atoms with Gasteiger partial charge in [-0.1, -0.05) is 75.2 Å². The number of ether oxygens (including phenoxy) is 1. The third-order valence-corrected chi connectivity index (χ3v) is 5.62. The molecule has 2 amide bonds. The highest BCUT2D eigenvalue weighted by Gasteiger charge is 2.29. The van der Waals surface area contributed by atoms with Gasteiger partial charge < -0.3 is 15.0 Å². The summed E-state index contributed by atoms with van der Waals surface area (Å²) in [4.78, 5) is 27.2. The molecular formula is C24H30Cl2N2O3. The zero-order valence-electron chi connectivity index (χ0n) is 18.7. The van der Waals surface area contributed by atoms with Crippen molar-refractivity contribution in [2.24, 2.45) is 0 Å². The highest BCUT2D eigenvalue weighted by atomic mass is 35.5. The summed E-state index contributed by atoms with van der Waals surface area (Å²) < 4.78 is 5.92. The third-order valence-electron chi connectivity index (χ3n) is 5.03. The van der Waals surface area contributed by atoms with Crippen LogP contribution in [0.1, 0.15) is 45.2 Å². The van der Waals surface area contributed by atoms with Crippen molar-refractivity contribution < 1.29 is 14.3 Å². The first-order valence-corrected chi connectivity index (χ1v) is 11.0. The van der Waals surface area contributed by atoms with Crippen LogP contribution in [0.2, 0.25) is 10.0 Å². The van der Waals surface area contributed by atoms with Gasteiger partial charge in [-0.2, -0.15) is 0 Å². The Morgan fingerprint density at radius 2 is 1.81 bits per heavy atom. The van der Waals surface area contributed by atoms with Crippen molar-refractivity contribution in [3.8, 4) is 5.75 Å². The first-order valence-electron chi connectivity index (χ1n) is 10.3. The van der Waals surface area contributed by atoms with E-state index in [2.05, 4.69) is 26.1 Å². The van der Waals surface area contributed by atoms with Gasteiger partial charge in [0, 0.05) is 23.6 Å². The molecule has 168 valence electrons. The van der Waals surface area contributed by atoms with Crippen molar-refractivity contribution in [2.75, 3.05) is 13.7 Å². The van der Waals surface area contributed by atoms with Gasteiger partial charge in [-0.15, -0.1) is 0 Å². The second-order valence-electron chi connectivity index (χ2n) is 8.33. The molecule has 0 aliphatic rings. The zero-order valence-corrected chi connectivity index (χ0v) is 20.2. The number of para-hydroxylation sites is 1. The molecule has 0 aliphatic carbocycles. The summed E-state index contributed by atoms with van der Waals surface area (Å²) in [6.07, 6.45) is 0.454. The summed E-state index contributed by atoms with van der Waals surface area (Å²) in [7, 11) is 1.55. The molecule has 31 heavy (non-hydrogen) atoms. The standard InChI is InChI=1S/C24H30Cl2N2O3/c1-6-20(23(30)27-5)28(14-16-11-12-17(25)13-19(16)26)22(29)15-31-21-10-8-7-9-18(21)24(2,3)4/h7-13,20H,6,14-15H2,1-5H3,(H,27,30). The number of hydrogen-bond donors (Lipinski definition) is 1. The topological polar surface area (TPSA) is 58.6 Å². The second kappa shape index (κ2) is 10.9. The number of benzene rings is 2. The average molecular weight is 465 g/mol. The Balaban J connectivity index is 2.29. The predicted molar refractivity (Wildman–Crippen MR) is 126 cm³/mol. The summed E-state index contributed by atoms with van der Waals surface area (Å²) in [6, 6.07) is 12.1. The van der Waals surface area contributed by atoms with Crippen molar-refractivity contribution in [3.05, 3.63) is 63.6 Å². The van der Waals surface area contributed by atoms with Gasteiger partial charge in [-0.3, -0.25) is 9.59 Å². The molecule has 2 rings (SSSR count). The molecule has 0 bridgehead atoms. The van der Waals surface area contributed by atoms with Crippen LogP contribution >= 0.6 is 23.2 Å². The number of nitrogens with one attached hydrogen (secondary N) is 1. The SMILES string of the molecule is CCC(C(=O)NC)N(Cc1ccc(Cl)cc1Cl)C(=O)COc1ccccc1C(C)(C)C. The Hall–Kier alpha value is -2.24. The lowest BCUT2D eigenvalue weighted by Gasteiger charge is -2.31. The van der Waals surface area contributed by atoms with Crippen molar-refractivity contribution >= 4 is 35.0 Å². The average Bonchev–Trinajstić information content (AvgIpc) is 2.72. The normalized spacial score (nSPS) is 12.2. The van der Waals surface area contributed by atoms with Gasteiger partial charge in [0.05, 0.1) is 0 Å². The van der Waals surface area contributed by atoms with Crippen LogP contribution in [0.3, 0.4) is 0 Å². The molecule has 0 radical (unpaired) electrons. The van der Waals surface area contributed by atoms with E-state index in [1.54, 1.807) is 25.2 Å². The molecule has 0 fully saturated rings. The monoisotopic (exact) mass is 464 g/mol. The van der Waals surface area contributed by atoms with Crippen LogP contribution in [0.25, 0.3) is 0 Å². The van der Waals surface area contributed by atoms with Crippen LogP contribution in [0.5, 0.6) is 5.75 Å². The maximum Gasteiger partial charge on any atom is 0.261 e. The Kier molecular flexibility index (Phi) is 8.78. The molecule has 0 heterocycles. The molecule has 0 saturated carbocycles. The van der Waals surface area contributed by atoms with Crippen LogP contribution in [-0.4, -0.2) is 36.4 Å². The Bertz CT molecular complexity index is 925. The van der Waals surface area contributed by atoms with Crippen molar-refractivity contribution in [2.45, 2.75) is 52.1 Å². The van der Waals surface area contributed by atoms with E-state index in [1.807, 2.05) is 31.2 Å². The Morgan fingerprint density at radius 1 is 1.13 bits per heavy atom. The highest BCUT2D eigenvalue weighted by Crippen LogP contribution is 2.31. The number of likely N-dealkylation sites (N-methyl/N-ethyl adjacent to an activating group) is 1. The van der Waals surface area contributed by atoms with Crippen molar-refractivity contribution in [3.63, 3.8) is 0 Å². The highest BCUT2D eigenvalue weighted by molar-refractivity contribution is 6.35. The van der Waals surface area contributed by atoms with Gasteiger partial charge in [-0.05, 0) is 41.2 Å². The molecule has 1 N–H and O–H groups in total. The minimum absolute atomic E-state index is 0.135. The maximum absolute atomic E-state index is 13.2. The van der Waals surface area contributed by atoms with Gasteiger partial charge in [-0.25, -0.2) is 0 Å². The zero-order chi connectivity index (χ0) is 23.2. The van der Waals surface area contributed by atoms with Crippen LogP contribution in [-0.2, 0) is 21.5 Å².